The molecule has 0 unspecified atom stereocenters. The zero-order valence-electron chi connectivity index (χ0n) is 7.38. The second-order valence-corrected chi connectivity index (χ2v) is 3.17. The molecule has 13 heavy (non-hydrogen) atoms. The Bertz CT molecular complexity index is 302. The van der Waals surface area contributed by atoms with Crippen molar-refractivity contribution < 1.29 is 9.94 Å². The average molecular weight is 202 g/mol. The van der Waals surface area contributed by atoms with Crippen molar-refractivity contribution in [3.05, 3.63) is 28.3 Å². The minimum Gasteiger partial charge on any atom is -0.507 e. The Kier molecular flexibility index (Phi) is 3.54. The molecule has 3 N–H and O–H groups in total. The van der Waals surface area contributed by atoms with Crippen LogP contribution in [0.4, 0.5) is 0 Å². The Morgan fingerprint density at radius 2 is 2.08 bits per heavy atom. The highest BCUT2D eigenvalue weighted by Gasteiger charge is 2.07. The van der Waals surface area contributed by atoms with Crippen molar-refractivity contribution in [2.24, 2.45) is 5.90 Å². The van der Waals surface area contributed by atoms with E-state index in [2.05, 4.69) is 4.84 Å². The first-order valence-corrected chi connectivity index (χ1v) is 4.38. The highest BCUT2D eigenvalue weighted by Crippen LogP contribution is 2.27. The number of nitrogens with two attached hydrogens (primary N) is 1. The molecule has 0 atom stereocenters. The number of halogens is 1. The molecule has 0 radical (unpaired) electrons. The van der Waals surface area contributed by atoms with E-state index in [0.717, 1.165) is 12.0 Å². The summed E-state index contributed by atoms with van der Waals surface area (Å²) < 4.78 is 0. The van der Waals surface area contributed by atoms with Crippen LogP contribution in [0, 0.1) is 0 Å². The van der Waals surface area contributed by atoms with Gasteiger partial charge in [0.15, 0.2) is 0 Å². The van der Waals surface area contributed by atoms with Gasteiger partial charge in [0.2, 0.25) is 0 Å². The Morgan fingerprint density at radius 3 is 2.62 bits per heavy atom. The van der Waals surface area contributed by atoms with Crippen LogP contribution in [0.5, 0.6) is 5.75 Å². The van der Waals surface area contributed by atoms with Crippen LogP contribution in [0.25, 0.3) is 0 Å². The Hall–Kier alpha value is -0.770. The number of aromatic hydroxyl groups is 1. The summed E-state index contributed by atoms with van der Waals surface area (Å²) in [6.07, 6.45) is 0.726. The molecule has 0 saturated heterocycles. The fourth-order valence-electron chi connectivity index (χ4n) is 1.19. The van der Waals surface area contributed by atoms with E-state index in [4.69, 9.17) is 17.5 Å². The lowest BCUT2D eigenvalue weighted by Gasteiger charge is -2.08. The van der Waals surface area contributed by atoms with E-state index in [1.807, 2.05) is 6.92 Å². The largest absolute Gasteiger partial charge is 0.507 e. The SMILES string of the molecule is CCc1cc(Cl)cc(CON)c1O. The number of aryl methyl sites for hydroxylation is 1. The molecule has 1 aromatic carbocycles. The smallest absolute Gasteiger partial charge is 0.124 e. The van der Waals surface area contributed by atoms with Gasteiger partial charge in [0.05, 0.1) is 6.61 Å². The van der Waals surface area contributed by atoms with Crippen LogP contribution in [0.1, 0.15) is 18.1 Å². The molecule has 0 heterocycles. The summed E-state index contributed by atoms with van der Waals surface area (Å²) in [5.41, 5.74) is 1.42. The molecule has 0 aliphatic heterocycles. The van der Waals surface area contributed by atoms with Crippen LogP contribution >= 0.6 is 11.6 Å². The van der Waals surface area contributed by atoms with Crippen molar-refractivity contribution in [2.45, 2.75) is 20.0 Å². The van der Waals surface area contributed by atoms with E-state index >= 15 is 0 Å². The first-order chi connectivity index (χ1) is 6.19. The molecule has 0 fully saturated rings. The molecule has 0 saturated carbocycles. The predicted molar refractivity (Wildman–Crippen MR) is 51.5 cm³/mol. The number of phenols is 1. The topological polar surface area (TPSA) is 55.5 Å². The van der Waals surface area contributed by atoms with Crippen molar-refractivity contribution in [1.82, 2.24) is 0 Å². The minimum absolute atomic E-state index is 0.166. The number of hydrogen-bond donors (Lipinski definition) is 2. The van der Waals surface area contributed by atoms with E-state index in [1.54, 1.807) is 12.1 Å². The van der Waals surface area contributed by atoms with Crippen LogP contribution in [0.15, 0.2) is 12.1 Å². The van der Waals surface area contributed by atoms with Crippen LogP contribution in [0.3, 0.4) is 0 Å². The Balaban J connectivity index is 3.11. The van der Waals surface area contributed by atoms with E-state index in [1.165, 1.54) is 0 Å². The summed E-state index contributed by atoms with van der Waals surface area (Å²) in [5.74, 6) is 5.14. The number of benzene rings is 1. The first kappa shape index (κ1) is 10.3. The normalized spacial score (nSPS) is 10.4. The summed E-state index contributed by atoms with van der Waals surface area (Å²) in [6.45, 7) is 2.11. The third kappa shape index (κ3) is 2.34. The van der Waals surface area contributed by atoms with Gasteiger partial charge in [-0.05, 0) is 24.1 Å². The molecule has 0 aromatic heterocycles. The fourth-order valence-corrected chi connectivity index (χ4v) is 1.45. The first-order valence-electron chi connectivity index (χ1n) is 4.01. The van der Waals surface area contributed by atoms with E-state index in [0.29, 0.717) is 10.6 Å². The van der Waals surface area contributed by atoms with Gasteiger partial charge in [-0.2, -0.15) is 0 Å². The highest BCUT2D eigenvalue weighted by atomic mass is 35.5. The zero-order chi connectivity index (χ0) is 9.84. The fraction of sp³-hybridized carbons (Fsp3) is 0.333. The number of phenolic OH excluding ortho intramolecular Hbond substituents is 1. The summed E-state index contributed by atoms with van der Waals surface area (Å²) in [6, 6.07) is 3.37. The van der Waals surface area contributed by atoms with Gasteiger partial charge in [-0.1, -0.05) is 18.5 Å². The minimum atomic E-state index is 0.166. The molecule has 0 spiro atoms. The van der Waals surface area contributed by atoms with E-state index in [-0.39, 0.29) is 12.4 Å². The van der Waals surface area contributed by atoms with Gasteiger partial charge in [-0.25, -0.2) is 5.90 Å². The van der Waals surface area contributed by atoms with Gasteiger partial charge in [0, 0.05) is 10.6 Å². The van der Waals surface area contributed by atoms with Crippen molar-refractivity contribution in [1.29, 1.82) is 0 Å². The maximum atomic E-state index is 9.65. The third-order valence-corrected chi connectivity index (χ3v) is 2.07. The van der Waals surface area contributed by atoms with Gasteiger partial charge in [0.1, 0.15) is 5.75 Å². The Labute approximate surface area is 82.0 Å². The highest BCUT2D eigenvalue weighted by molar-refractivity contribution is 6.30. The van der Waals surface area contributed by atoms with E-state index in [9.17, 15) is 5.11 Å². The quantitative estimate of drug-likeness (QED) is 0.736. The molecule has 72 valence electrons. The lowest BCUT2D eigenvalue weighted by molar-refractivity contribution is 0.122. The molecule has 3 nitrogen and oxygen atoms in total. The molecular weight excluding hydrogens is 190 g/mol. The summed E-state index contributed by atoms with van der Waals surface area (Å²) in [4.78, 5) is 4.44. The predicted octanol–water partition coefficient (Wildman–Crippen LogP) is 2.00. The van der Waals surface area contributed by atoms with Crippen LogP contribution in [0.2, 0.25) is 5.02 Å². The maximum absolute atomic E-state index is 9.65. The van der Waals surface area contributed by atoms with Gasteiger partial charge >= 0.3 is 0 Å². The molecule has 0 bridgehead atoms. The lowest BCUT2D eigenvalue weighted by atomic mass is 10.1. The molecule has 1 rings (SSSR count). The standard InChI is InChI=1S/C9H12ClNO2/c1-2-6-3-8(10)4-7(5-13-11)9(6)12/h3-4,12H,2,5,11H2,1H3. The molecular formula is C9H12ClNO2. The monoisotopic (exact) mass is 201 g/mol. The van der Waals surface area contributed by atoms with Crippen LogP contribution < -0.4 is 5.90 Å². The second kappa shape index (κ2) is 4.46. The number of hydrogen-bond acceptors (Lipinski definition) is 3. The lowest BCUT2D eigenvalue weighted by Crippen LogP contribution is -2.00. The van der Waals surface area contributed by atoms with Gasteiger partial charge in [-0.3, -0.25) is 4.84 Å². The van der Waals surface area contributed by atoms with Crippen molar-refractivity contribution in [2.75, 3.05) is 0 Å². The Morgan fingerprint density at radius 1 is 1.46 bits per heavy atom. The molecule has 0 aliphatic rings. The van der Waals surface area contributed by atoms with E-state index < -0.39 is 0 Å². The summed E-state index contributed by atoms with van der Waals surface area (Å²) >= 11 is 5.83. The van der Waals surface area contributed by atoms with Crippen LogP contribution in [-0.2, 0) is 17.9 Å². The van der Waals surface area contributed by atoms with Crippen molar-refractivity contribution in [3.63, 3.8) is 0 Å². The molecule has 1 aromatic rings. The number of rotatable bonds is 3. The third-order valence-electron chi connectivity index (χ3n) is 1.85. The molecule has 4 heteroatoms. The maximum Gasteiger partial charge on any atom is 0.124 e. The summed E-state index contributed by atoms with van der Waals surface area (Å²) in [5, 5.41) is 10.2. The van der Waals surface area contributed by atoms with Gasteiger partial charge < -0.3 is 5.11 Å². The van der Waals surface area contributed by atoms with Gasteiger partial charge in [0.25, 0.3) is 0 Å². The van der Waals surface area contributed by atoms with Crippen molar-refractivity contribution >= 4 is 11.6 Å². The van der Waals surface area contributed by atoms with Gasteiger partial charge in [-0.15, -0.1) is 0 Å². The zero-order valence-corrected chi connectivity index (χ0v) is 8.14. The molecule has 0 aliphatic carbocycles. The second-order valence-electron chi connectivity index (χ2n) is 2.74. The molecule has 0 amide bonds. The van der Waals surface area contributed by atoms with Crippen LogP contribution in [-0.4, -0.2) is 5.11 Å². The van der Waals surface area contributed by atoms with Crippen molar-refractivity contribution in [3.8, 4) is 5.75 Å². The summed E-state index contributed by atoms with van der Waals surface area (Å²) in [7, 11) is 0. The average Bonchev–Trinajstić information content (AvgIpc) is 2.11.